The standard InChI is InChI=1S/C15H24BrN3O/c1-4-6-18-11-13(16)9-14(18)15(20)19-8-5-7-17(3)10-12(19)2/h9,11-12H,4-8,10H2,1-3H3. The number of carbonyl (C=O) groups excluding carboxylic acids is 1. The summed E-state index contributed by atoms with van der Waals surface area (Å²) in [5, 5.41) is 0. The molecular formula is C15H24BrN3O. The van der Waals surface area contributed by atoms with Crippen LogP contribution < -0.4 is 0 Å². The normalized spacial score (nSPS) is 21.0. The molecular weight excluding hydrogens is 318 g/mol. The molecule has 20 heavy (non-hydrogen) atoms. The highest BCUT2D eigenvalue weighted by Crippen LogP contribution is 2.19. The van der Waals surface area contributed by atoms with Crippen LogP contribution in [0, 0.1) is 0 Å². The molecule has 1 amide bonds. The molecule has 0 radical (unpaired) electrons. The van der Waals surface area contributed by atoms with E-state index in [2.05, 4.69) is 46.3 Å². The molecule has 112 valence electrons. The Morgan fingerprint density at radius 2 is 2.20 bits per heavy atom. The second-order valence-corrected chi connectivity index (χ2v) is 6.62. The highest BCUT2D eigenvalue weighted by atomic mass is 79.9. The summed E-state index contributed by atoms with van der Waals surface area (Å²) >= 11 is 3.49. The van der Waals surface area contributed by atoms with E-state index in [0.29, 0.717) is 0 Å². The first-order valence-corrected chi connectivity index (χ1v) is 8.17. The fourth-order valence-electron chi connectivity index (χ4n) is 2.90. The van der Waals surface area contributed by atoms with Crippen molar-refractivity contribution in [3.8, 4) is 0 Å². The minimum atomic E-state index is 0.159. The lowest BCUT2D eigenvalue weighted by atomic mass is 10.2. The molecule has 4 nitrogen and oxygen atoms in total. The zero-order valence-electron chi connectivity index (χ0n) is 12.6. The van der Waals surface area contributed by atoms with Gasteiger partial charge in [-0.2, -0.15) is 0 Å². The zero-order chi connectivity index (χ0) is 14.7. The SMILES string of the molecule is CCCn1cc(Br)cc1C(=O)N1CCCN(C)CC1C. The van der Waals surface area contributed by atoms with Crippen LogP contribution in [0.25, 0.3) is 0 Å². The highest BCUT2D eigenvalue weighted by Gasteiger charge is 2.26. The summed E-state index contributed by atoms with van der Waals surface area (Å²) in [7, 11) is 2.13. The van der Waals surface area contributed by atoms with E-state index in [-0.39, 0.29) is 11.9 Å². The largest absolute Gasteiger partial charge is 0.342 e. The van der Waals surface area contributed by atoms with Crippen LogP contribution in [-0.4, -0.2) is 53.0 Å². The molecule has 1 fully saturated rings. The van der Waals surface area contributed by atoms with Gasteiger partial charge in [-0.25, -0.2) is 0 Å². The molecule has 2 heterocycles. The third kappa shape index (κ3) is 3.44. The van der Waals surface area contributed by atoms with Gasteiger partial charge in [0.05, 0.1) is 0 Å². The summed E-state index contributed by atoms with van der Waals surface area (Å²) in [5.41, 5.74) is 0.801. The van der Waals surface area contributed by atoms with Crippen LogP contribution in [0.2, 0.25) is 0 Å². The van der Waals surface area contributed by atoms with Crippen LogP contribution in [0.4, 0.5) is 0 Å². The third-order valence-electron chi connectivity index (χ3n) is 3.85. The van der Waals surface area contributed by atoms with Gasteiger partial charge in [-0.3, -0.25) is 4.79 Å². The van der Waals surface area contributed by atoms with Crippen LogP contribution in [0.5, 0.6) is 0 Å². The molecule has 1 unspecified atom stereocenters. The van der Waals surface area contributed by atoms with E-state index in [0.717, 1.165) is 49.2 Å². The number of nitrogens with zero attached hydrogens (tertiary/aromatic N) is 3. The maximum Gasteiger partial charge on any atom is 0.270 e. The number of amides is 1. The van der Waals surface area contributed by atoms with Gasteiger partial charge in [-0.05, 0) is 55.4 Å². The second-order valence-electron chi connectivity index (χ2n) is 5.70. The number of hydrogen-bond acceptors (Lipinski definition) is 2. The van der Waals surface area contributed by atoms with Gasteiger partial charge in [0.2, 0.25) is 0 Å². The molecule has 0 spiro atoms. The average Bonchev–Trinajstić information content (AvgIpc) is 2.65. The van der Waals surface area contributed by atoms with Crippen molar-refractivity contribution in [3.63, 3.8) is 0 Å². The fraction of sp³-hybridized carbons (Fsp3) is 0.667. The Bertz CT molecular complexity index is 472. The molecule has 1 aliphatic heterocycles. The van der Waals surface area contributed by atoms with Crippen molar-refractivity contribution in [2.45, 2.75) is 39.3 Å². The summed E-state index contributed by atoms with van der Waals surface area (Å²) in [5.74, 6) is 0.159. The zero-order valence-corrected chi connectivity index (χ0v) is 14.2. The van der Waals surface area contributed by atoms with Gasteiger partial charge in [0.25, 0.3) is 5.91 Å². The summed E-state index contributed by atoms with van der Waals surface area (Å²) in [6.45, 7) is 8.01. The van der Waals surface area contributed by atoms with Crippen molar-refractivity contribution >= 4 is 21.8 Å². The quantitative estimate of drug-likeness (QED) is 0.845. The minimum Gasteiger partial charge on any atom is -0.342 e. The van der Waals surface area contributed by atoms with Crippen LogP contribution >= 0.6 is 15.9 Å². The first kappa shape index (κ1) is 15.6. The number of aromatic nitrogens is 1. The molecule has 1 aromatic rings. The van der Waals surface area contributed by atoms with Gasteiger partial charge >= 0.3 is 0 Å². The molecule has 0 aliphatic carbocycles. The van der Waals surface area contributed by atoms with Crippen molar-refractivity contribution in [1.82, 2.24) is 14.4 Å². The smallest absolute Gasteiger partial charge is 0.270 e. The maximum atomic E-state index is 12.8. The maximum absolute atomic E-state index is 12.8. The van der Waals surface area contributed by atoms with E-state index >= 15 is 0 Å². The molecule has 2 rings (SSSR count). The molecule has 1 atom stereocenters. The van der Waals surface area contributed by atoms with Gasteiger partial charge in [-0.15, -0.1) is 0 Å². The van der Waals surface area contributed by atoms with Crippen LogP contribution in [0.1, 0.15) is 37.2 Å². The number of halogens is 1. The van der Waals surface area contributed by atoms with E-state index in [4.69, 9.17) is 0 Å². The van der Waals surface area contributed by atoms with Gasteiger partial charge in [-0.1, -0.05) is 6.92 Å². The molecule has 0 aromatic carbocycles. The van der Waals surface area contributed by atoms with E-state index < -0.39 is 0 Å². The first-order valence-electron chi connectivity index (χ1n) is 7.38. The minimum absolute atomic E-state index is 0.159. The number of rotatable bonds is 3. The Morgan fingerprint density at radius 3 is 2.90 bits per heavy atom. The Hall–Kier alpha value is -0.810. The van der Waals surface area contributed by atoms with E-state index in [1.54, 1.807) is 0 Å². The van der Waals surface area contributed by atoms with Crippen LogP contribution in [-0.2, 0) is 6.54 Å². The van der Waals surface area contributed by atoms with Gasteiger partial charge in [0.15, 0.2) is 0 Å². The lowest BCUT2D eigenvalue weighted by molar-refractivity contribution is 0.0685. The monoisotopic (exact) mass is 341 g/mol. The summed E-state index contributed by atoms with van der Waals surface area (Å²) in [4.78, 5) is 17.2. The number of hydrogen-bond donors (Lipinski definition) is 0. The van der Waals surface area contributed by atoms with Crippen molar-refractivity contribution < 1.29 is 4.79 Å². The van der Waals surface area contributed by atoms with Crippen molar-refractivity contribution in [2.24, 2.45) is 0 Å². The lowest BCUT2D eigenvalue weighted by Crippen LogP contribution is -2.42. The molecule has 1 aliphatic rings. The third-order valence-corrected chi connectivity index (χ3v) is 4.29. The molecule has 1 saturated heterocycles. The number of carbonyl (C=O) groups is 1. The molecule has 0 N–H and O–H groups in total. The summed E-state index contributed by atoms with van der Waals surface area (Å²) in [6, 6.07) is 2.21. The van der Waals surface area contributed by atoms with Crippen molar-refractivity contribution in [3.05, 3.63) is 22.4 Å². The second kappa shape index (κ2) is 6.76. The average molecular weight is 342 g/mol. The topological polar surface area (TPSA) is 28.5 Å². The Balaban J connectivity index is 2.21. The Morgan fingerprint density at radius 1 is 1.45 bits per heavy atom. The molecule has 0 saturated carbocycles. The predicted molar refractivity (Wildman–Crippen MR) is 85.0 cm³/mol. The van der Waals surface area contributed by atoms with Gasteiger partial charge < -0.3 is 14.4 Å². The Labute approximate surface area is 129 Å². The molecule has 1 aromatic heterocycles. The van der Waals surface area contributed by atoms with E-state index in [9.17, 15) is 4.79 Å². The summed E-state index contributed by atoms with van der Waals surface area (Å²) in [6.07, 6.45) is 4.08. The molecule has 5 heteroatoms. The van der Waals surface area contributed by atoms with Crippen molar-refractivity contribution in [1.29, 1.82) is 0 Å². The van der Waals surface area contributed by atoms with Gasteiger partial charge in [0, 0.05) is 36.3 Å². The number of aryl methyl sites for hydroxylation is 1. The van der Waals surface area contributed by atoms with Gasteiger partial charge in [0.1, 0.15) is 5.69 Å². The lowest BCUT2D eigenvalue weighted by Gasteiger charge is -2.28. The highest BCUT2D eigenvalue weighted by molar-refractivity contribution is 9.10. The predicted octanol–water partition coefficient (Wildman–Crippen LogP) is 2.83. The summed E-state index contributed by atoms with van der Waals surface area (Å²) < 4.78 is 3.04. The van der Waals surface area contributed by atoms with Crippen molar-refractivity contribution in [2.75, 3.05) is 26.7 Å². The fourth-order valence-corrected chi connectivity index (χ4v) is 3.36. The Kier molecular flexibility index (Phi) is 5.27. The van der Waals surface area contributed by atoms with E-state index in [1.807, 2.05) is 17.2 Å². The first-order chi connectivity index (χ1) is 9.52. The molecule has 0 bridgehead atoms. The number of likely N-dealkylation sites (N-methyl/N-ethyl adjacent to an activating group) is 1. The van der Waals surface area contributed by atoms with Crippen LogP contribution in [0.15, 0.2) is 16.7 Å². The van der Waals surface area contributed by atoms with Crippen LogP contribution in [0.3, 0.4) is 0 Å². The van der Waals surface area contributed by atoms with E-state index in [1.165, 1.54) is 0 Å².